The summed E-state index contributed by atoms with van der Waals surface area (Å²) < 4.78 is 0. The Morgan fingerprint density at radius 2 is 1.38 bits per heavy atom. The molecule has 0 bridgehead atoms. The molecule has 0 aliphatic heterocycles. The molecule has 0 fully saturated rings. The van der Waals surface area contributed by atoms with Gasteiger partial charge >= 0.3 is 0 Å². The molecule has 1 unspecified atom stereocenters. The Hall–Kier alpha value is -2.91. The van der Waals surface area contributed by atoms with Crippen LogP contribution in [0.2, 0.25) is 0 Å². The number of amides is 1. The molecule has 0 saturated heterocycles. The molecule has 0 spiro atoms. The molecular formula is C21H19NO2. The molecule has 0 aromatic heterocycles. The van der Waals surface area contributed by atoms with E-state index < -0.39 is 11.5 Å². The zero-order valence-electron chi connectivity index (χ0n) is 13.2. The topological polar surface area (TPSA) is 63.3 Å². The van der Waals surface area contributed by atoms with Crippen LogP contribution in [0.1, 0.15) is 22.3 Å². The van der Waals surface area contributed by atoms with E-state index in [0.717, 1.165) is 11.1 Å². The molecule has 3 rings (SSSR count). The molecule has 3 aromatic carbocycles. The van der Waals surface area contributed by atoms with Crippen LogP contribution < -0.4 is 5.73 Å². The van der Waals surface area contributed by atoms with Crippen molar-refractivity contribution in [1.82, 2.24) is 0 Å². The van der Waals surface area contributed by atoms with Crippen molar-refractivity contribution in [2.75, 3.05) is 0 Å². The summed E-state index contributed by atoms with van der Waals surface area (Å²) >= 11 is 0. The van der Waals surface area contributed by atoms with E-state index in [1.54, 1.807) is 36.4 Å². The lowest BCUT2D eigenvalue weighted by atomic mass is 9.81. The van der Waals surface area contributed by atoms with Gasteiger partial charge in [-0.3, -0.25) is 4.79 Å². The highest BCUT2D eigenvalue weighted by atomic mass is 16.3. The predicted octanol–water partition coefficient (Wildman–Crippen LogP) is 3.00. The number of carbonyl (C=O) groups is 1. The van der Waals surface area contributed by atoms with Crippen LogP contribution in [0.25, 0.3) is 0 Å². The third-order valence-electron chi connectivity index (χ3n) is 4.19. The van der Waals surface area contributed by atoms with Gasteiger partial charge in [0.2, 0.25) is 0 Å². The molecule has 3 nitrogen and oxygen atoms in total. The molecule has 3 heteroatoms. The molecule has 24 heavy (non-hydrogen) atoms. The standard InChI is InChI=1S/C21H19NO2/c22-20(23)21(24,18-12-5-2-6-13-18)19-14-8-7-11-17(19)15-16-9-3-1-4-10-16/h1-14,24H,15H2,(H2,22,23). The predicted molar refractivity (Wildman–Crippen MR) is 94.3 cm³/mol. The molecule has 3 aromatic rings. The molecule has 0 aliphatic carbocycles. The van der Waals surface area contributed by atoms with Crippen LogP contribution in [0.3, 0.4) is 0 Å². The number of nitrogens with two attached hydrogens (primary N) is 1. The Morgan fingerprint density at radius 3 is 2.00 bits per heavy atom. The van der Waals surface area contributed by atoms with Gasteiger partial charge in [-0.1, -0.05) is 84.9 Å². The molecule has 0 radical (unpaired) electrons. The van der Waals surface area contributed by atoms with Crippen molar-refractivity contribution in [3.8, 4) is 0 Å². The Morgan fingerprint density at radius 1 is 0.833 bits per heavy atom. The fourth-order valence-electron chi connectivity index (χ4n) is 2.95. The summed E-state index contributed by atoms with van der Waals surface area (Å²) in [5, 5.41) is 11.2. The van der Waals surface area contributed by atoms with Gasteiger partial charge in [0.1, 0.15) is 0 Å². The minimum absolute atomic E-state index is 0.470. The second-order valence-corrected chi connectivity index (χ2v) is 5.76. The molecule has 0 saturated carbocycles. The van der Waals surface area contributed by atoms with Gasteiger partial charge in [-0.15, -0.1) is 0 Å². The van der Waals surface area contributed by atoms with Crippen molar-refractivity contribution in [2.24, 2.45) is 5.73 Å². The molecule has 3 N–H and O–H groups in total. The van der Waals surface area contributed by atoms with Crippen LogP contribution in [-0.4, -0.2) is 11.0 Å². The van der Waals surface area contributed by atoms with E-state index in [1.807, 2.05) is 48.5 Å². The summed E-state index contributed by atoms with van der Waals surface area (Å²) in [6, 6.07) is 26.1. The molecular weight excluding hydrogens is 298 g/mol. The smallest absolute Gasteiger partial charge is 0.258 e. The first-order valence-corrected chi connectivity index (χ1v) is 7.82. The van der Waals surface area contributed by atoms with E-state index in [2.05, 4.69) is 0 Å². The first-order chi connectivity index (χ1) is 11.6. The number of carbonyl (C=O) groups excluding carboxylic acids is 1. The number of benzene rings is 3. The Balaban J connectivity index is 2.12. The SMILES string of the molecule is NC(=O)C(O)(c1ccccc1)c1ccccc1Cc1ccccc1. The summed E-state index contributed by atoms with van der Waals surface area (Å²) in [7, 11) is 0. The number of hydrogen-bond acceptors (Lipinski definition) is 2. The Labute approximate surface area is 141 Å². The van der Waals surface area contributed by atoms with Crippen molar-refractivity contribution >= 4 is 5.91 Å². The number of aliphatic hydroxyl groups is 1. The van der Waals surface area contributed by atoms with Crippen LogP contribution in [0.4, 0.5) is 0 Å². The lowest BCUT2D eigenvalue weighted by Crippen LogP contribution is -2.42. The van der Waals surface area contributed by atoms with Crippen LogP contribution in [0, 0.1) is 0 Å². The van der Waals surface area contributed by atoms with Crippen molar-refractivity contribution in [1.29, 1.82) is 0 Å². The second-order valence-electron chi connectivity index (χ2n) is 5.76. The minimum atomic E-state index is -1.85. The van der Waals surface area contributed by atoms with E-state index in [-0.39, 0.29) is 0 Å². The highest BCUT2D eigenvalue weighted by molar-refractivity contribution is 5.89. The maximum absolute atomic E-state index is 12.2. The Kier molecular flexibility index (Phi) is 4.45. The maximum Gasteiger partial charge on any atom is 0.258 e. The van der Waals surface area contributed by atoms with E-state index in [1.165, 1.54) is 0 Å². The summed E-state index contributed by atoms with van der Waals surface area (Å²) in [6.07, 6.45) is 0.611. The maximum atomic E-state index is 12.2. The lowest BCUT2D eigenvalue weighted by Gasteiger charge is -2.28. The van der Waals surface area contributed by atoms with Gasteiger partial charge in [0.05, 0.1) is 0 Å². The van der Waals surface area contributed by atoms with E-state index >= 15 is 0 Å². The van der Waals surface area contributed by atoms with Gasteiger partial charge < -0.3 is 10.8 Å². The van der Waals surface area contributed by atoms with Crippen LogP contribution >= 0.6 is 0 Å². The highest BCUT2D eigenvalue weighted by Crippen LogP contribution is 2.32. The number of rotatable bonds is 5. The van der Waals surface area contributed by atoms with Crippen molar-refractivity contribution in [2.45, 2.75) is 12.0 Å². The average molecular weight is 317 g/mol. The monoisotopic (exact) mass is 317 g/mol. The molecule has 1 atom stereocenters. The van der Waals surface area contributed by atoms with E-state index in [0.29, 0.717) is 17.5 Å². The average Bonchev–Trinajstić information content (AvgIpc) is 2.63. The van der Waals surface area contributed by atoms with E-state index in [9.17, 15) is 9.90 Å². The van der Waals surface area contributed by atoms with Gasteiger partial charge in [-0.2, -0.15) is 0 Å². The first-order valence-electron chi connectivity index (χ1n) is 7.82. The van der Waals surface area contributed by atoms with Crippen molar-refractivity contribution < 1.29 is 9.90 Å². The van der Waals surface area contributed by atoms with Crippen molar-refractivity contribution in [3.05, 3.63) is 107 Å². The summed E-state index contributed by atoms with van der Waals surface area (Å²) in [4.78, 5) is 12.2. The fraction of sp³-hybridized carbons (Fsp3) is 0.0952. The van der Waals surface area contributed by atoms with Crippen LogP contribution in [-0.2, 0) is 16.8 Å². The van der Waals surface area contributed by atoms with Gasteiger partial charge in [0, 0.05) is 5.56 Å². The largest absolute Gasteiger partial charge is 0.372 e. The highest BCUT2D eigenvalue weighted by Gasteiger charge is 2.39. The van der Waals surface area contributed by atoms with E-state index in [4.69, 9.17) is 5.73 Å². The van der Waals surface area contributed by atoms with Gasteiger partial charge in [0.25, 0.3) is 5.91 Å². The fourth-order valence-corrected chi connectivity index (χ4v) is 2.95. The van der Waals surface area contributed by atoms with Crippen LogP contribution in [0.15, 0.2) is 84.9 Å². The second kappa shape index (κ2) is 6.69. The normalized spacial score (nSPS) is 13.2. The number of primary amides is 1. The summed E-state index contributed by atoms with van der Waals surface area (Å²) in [5.41, 5.74) is 6.72. The summed E-state index contributed by atoms with van der Waals surface area (Å²) in [5.74, 6) is -0.783. The molecule has 0 aliphatic rings. The number of hydrogen-bond donors (Lipinski definition) is 2. The molecule has 0 heterocycles. The van der Waals surface area contributed by atoms with Crippen molar-refractivity contribution in [3.63, 3.8) is 0 Å². The Bertz CT molecular complexity index is 831. The minimum Gasteiger partial charge on any atom is -0.372 e. The zero-order chi connectivity index (χ0) is 17.0. The van der Waals surface area contributed by atoms with Gasteiger partial charge in [-0.25, -0.2) is 0 Å². The molecule has 1 amide bonds. The van der Waals surface area contributed by atoms with Crippen LogP contribution in [0.5, 0.6) is 0 Å². The first kappa shape index (κ1) is 16.0. The quantitative estimate of drug-likeness (QED) is 0.760. The third kappa shape index (κ3) is 2.94. The summed E-state index contributed by atoms with van der Waals surface area (Å²) in [6.45, 7) is 0. The molecule has 120 valence electrons. The van der Waals surface area contributed by atoms with Gasteiger partial charge in [-0.05, 0) is 23.1 Å². The third-order valence-corrected chi connectivity index (χ3v) is 4.19. The lowest BCUT2D eigenvalue weighted by molar-refractivity contribution is -0.133. The van der Waals surface area contributed by atoms with Gasteiger partial charge in [0.15, 0.2) is 5.60 Å². The zero-order valence-corrected chi connectivity index (χ0v) is 13.2.